The Labute approximate surface area is 140 Å². The Morgan fingerprint density at radius 3 is 2.48 bits per heavy atom. The summed E-state index contributed by atoms with van der Waals surface area (Å²) in [5.74, 6) is -0.648. The minimum Gasteiger partial charge on any atom is -0.341 e. The molecule has 124 valence electrons. The monoisotopic (exact) mass is 336 g/mol. The average Bonchev–Trinajstić information content (AvgIpc) is 2.73. The summed E-state index contributed by atoms with van der Waals surface area (Å²) >= 11 is 6.66. The smallest absolute Gasteiger partial charge is 0.254 e. The maximum absolute atomic E-state index is 13.2. The number of piperidine rings is 1. The molecule has 2 heterocycles. The van der Waals surface area contributed by atoms with E-state index in [1.807, 2.05) is 32.0 Å². The lowest BCUT2D eigenvalue weighted by Crippen LogP contribution is -2.54. The van der Waals surface area contributed by atoms with Gasteiger partial charge < -0.3 is 10.2 Å². The Bertz CT molecular complexity index is 668. The number of nitrogens with one attached hydrogen (secondary N) is 1. The van der Waals surface area contributed by atoms with Crippen molar-refractivity contribution in [1.29, 1.82) is 0 Å². The third kappa shape index (κ3) is 2.38. The van der Waals surface area contributed by atoms with Gasteiger partial charge in [0.25, 0.3) is 5.91 Å². The van der Waals surface area contributed by atoms with Crippen LogP contribution in [0.15, 0.2) is 18.2 Å². The fourth-order valence-electron chi connectivity index (χ4n) is 3.55. The molecule has 1 unspecified atom stereocenters. The van der Waals surface area contributed by atoms with E-state index >= 15 is 0 Å². The molecule has 2 aliphatic rings. The summed E-state index contributed by atoms with van der Waals surface area (Å²) in [6.45, 7) is 4.97. The van der Waals surface area contributed by atoms with Gasteiger partial charge in [0.1, 0.15) is 5.54 Å². The molecule has 6 heteroatoms. The van der Waals surface area contributed by atoms with Crippen molar-refractivity contribution in [3.05, 3.63) is 34.9 Å². The van der Waals surface area contributed by atoms with E-state index in [2.05, 4.69) is 5.32 Å². The Morgan fingerprint density at radius 2 is 1.87 bits per heavy atom. The van der Waals surface area contributed by atoms with Crippen LogP contribution in [0, 0.1) is 13.8 Å². The Hall–Kier alpha value is -1.43. The summed E-state index contributed by atoms with van der Waals surface area (Å²) in [6, 6.07) is 5.68. The summed E-state index contributed by atoms with van der Waals surface area (Å²) in [7, 11) is 1.61. The molecule has 0 aliphatic carbocycles. The van der Waals surface area contributed by atoms with Crippen molar-refractivity contribution >= 4 is 23.3 Å². The molecular formula is C17H21ClN2O3. The van der Waals surface area contributed by atoms with E-state index in [4.69, 9.17) is 16.4 Å². The van der Waals surface area contributed by atoms with E-state index < -0.39 is 16.3 Å². The minimum atomic E-state index is -1.63. The van der Waals surface area contributed by atoms with E-state index in [9.17, 15) is 9.59 Å². The maximum atomic E-state index is 13.2. The van der Waals surface area contributed by atoms with Gasteiger partial charge >= 0.3 is 0 Å². The molecule has 2 fully saturated rings. The number of hydrogen-bond acceptors (Lipinski definition) is 4. The number of rotatable bonds is 2. The van der Waals surface area contributed by atoms with Crippen molar-refractivity contribution in [2.45, 2.75) is 37.1 Å². The molecule has 1 aromatic rings. The molecule has 1 aromatic carbocycles. The van der Waals surface area contributed by atoms with Crippen molar-refractivity contribution < 1.29 is 14.4 Å². The highest BCUT2D eigenvalue weighted by Crippen LogP contribution is 2.44. The minimum absolute atomic E-state index is 0.235. The second kappa shape index (κ2) is 5.58. The fourth-order valence-corrected chi connectivity index (χ4v) is 3.98. The number of benzene rings is 1. The van der Waals surface area contributed by atoms with Gasteiger partial charge in [0.05, 0.1) is 7.11 Å². The van der Waals surface area contributed by atoms with E-state index in [1.54, 1.807) is 12.2 Å². The van der Waals surface area contributed by atoms with Gasteiger partial charge in [0.2, 0.25) is 4.87 Å². The summed E-state index contributed by atoms with van der Waals surface area (Å²) in [5, 5.41) is 4.69. The summed E-state index contributed by atoms with van der Waals surface area (Å²) in [4.78, 5) is 29.5. The van der Waals surface area contributed by atoms with Crippen LogP contribution in [0.2, 0.25) is 0 Å². The van der Waals surface area contributed by atoms with Crippen molar-refractivity contribution in [2.24, 2.45) is 0 Å². The van der Waals surface area contributed by atoms with E-state index in [1.165, 1.54) is 0 Å². The number of Topliss-reactive ketones (excluding diaryl/α,β-unsaturated/α-hetero) is 1. The molecule has 1 N–H and O–H groups in total. The molecule has 0 radical (unpaired) electrons. The number of alkyl halides is 1. The van der Waals surface area contributed by atoms with Gasteiger partial charge in [0, 0.05) is 13.1 Å². The van der Waals surface area contributed by atoms with Crippen LogP contribution < -0.4 is 5.32 Å². The number of carbonyl (C=O) groups excluding carboxylic acids is 2. The highest BCUT2D eigenvalue weighted by atomic mass is 35.5. The third-order valence-corrected chi connectivity index (χ3v) is 5.56. The fraction of sp³-hybridized carbons (Fsp3) is 0.529. The van der Waals surface area contributed by atoms with Gasteiger partial charge in [-0.05, 0) is 37.8 Å². The zero-order valence-electron chi connectivity index (χ0n) is 13.6. The van der Waals surface area contributed by atoms with Crippen LogP contribution >= 0.6 is 11.6 Å². The summed E-state index contributed by atoms with van der Waals surface area (Å²) < 4.78 is 0. The van der Waals surface area contributed by atoms with E-state index in [0.717, 1.165) is 11.1 Å². The third-order valence-electron chi connectivity index (χ3n) is 5.01. The first-order chi connectivity index (χ1) is 10.8. The van der Waals surface area contributed by atoms with E-state index in [0.29, 0.717) is 31.5 Å². The van der Waals surface area contributed by atoms with Crippen LogP contribution in [0.1, 0.15) is 29.5 Å². The lowest BCUT2D eigenvalue weighted by atomic mass is 9.79. The standard InChI is InChI=1S/C17H21ClN2O3/c1-11-4-5-12(2)13(10-11)17(18)14(21)16(19-15(17)22)6-8-20(23-3)9-7-16/h4-5,10H,6-9H2,1-3H3,(H,19,22). The molecule has 5 nitrogen and oxygen atoms in total. The van der Waals surface area contributed by atoms with Crippen LogP contribution in [0.3, 0.4) is 0 Å². The number of ketones is 1. The maximum Gasteiger partial charge on any atom is 0.254 e. The zero-order valence-corrected chi connectivity index (χ0v) is 14.4. The molecule has 2 saturated heterocycles. The summed E-state index contributed by atoms with van der Waals surface area (Å²) in [5.41, 5.74) is 1.53. The van der Waals surface area contributed by atoms with Crippen molar-refractivity contribution in [3.63, 3.8) is 0 Å². The number of halogens is 1. The van der Waals surface area contributed by atoms with Gasteiger partial charge in [-0.15, -0.1) is 0 Å². The Morgan fingerprint density at radius 1 is 1.22 bits per heavy atom. The molecule has 0 aromatic heterocycles. The first kappa shape index (κ1) is 16.4. The molecule has 3 rings (SSSR count). The number of aryl methyl sites for hydroxylation is 2. The normalized spacial score (nSPS) is 27.5. The van der Waals surface area contributed by atoms with Crippen molar-refractivity contribution in [2.75, 3.05) is 20.2 Å². The van der Waals surface area contributed by atoms with Gasteiger partial charge in [-0.1, -0.05) is 35.4 Å². The van der Waals surface area contributed by atoms with Crippen LogP contribution in [-0.2, 0) is 19.3 Å². The molecule has 1 spiro atoms. The Kier molecular flexibility index (Phi) is 3.99. The first-order valence-corrected chi connectivity index (χ1v) is 8.14. The molecule has 1 atom stereocenters. The highest BCUT2D eigenvalue weighted by Gasteiger charge is 2.63. The topological polar surface area (TPSA) is 58.6 Å². The Balaban J connectivity index is 2.00. The molecule has 0 bridgehead atoms. The lowest BCUT2D eigenvalue weighted by molar-refractivity contribution is -0.157. The highest BCUT2D eigenvalue weighted by molar-refractivity contribution is 6.49. The van der Waals surface area contributed by atoms with Gasteiger partial charge in [0.15, 0.2) is 5.78 Å². The van der Waals surface area contributed by atoms with Crippen molar-refractivity contribution in [3.8, 4) is 0 Å². The SMILES string of the molecule is CON1CCC2(CC1)NC(=O)C(Cl)(c1cc(C)ccc1C)C2=O. The van der Waals surface area contributed by atoms with Gasteiger partial charge in [-0.2, -0.15) is 5.06 Å². The molecule has 2 aliphatic heterocycles. The lowest BCUT2D eigenvalue weighted by Gasteiger charge is -2.37. The number of amides is 1. The second-order valence-corrected chi connectivity index (χ2v) is 7.02. The van der Waals surface area contributed by atoms with Crippen molar-refractivity contribution in [1.82, 2.24) is 10.4 Å². The zero-order chi connectivity index (χ0) is 16.8. The average molecular weight is 337 g/mol. The van der Waals surface area contributed by atoms with Gasteiger partial charge in [-0.3, -0.25) is 9.59 Å². The molecular weight excluding hydrogens is 316 g/mol. The molecule has 23 heavy (non-hydrogen) atoms. The number of hydroxylamine groups is 2. The number of nitrogens with zero attached hydrogens (tertiary/aromatic N) is 1. The van der Waals surface area contributed by atoms with Gasteiger partial charge in [-0.25, -0.2) is 0 Å². The predicted molar refractivity (Wildman–Crippen MR) is 87.1 cm³/mol. The largest absolute Gasteiger partial charge is 0.341 e. The quantitative estimate of drug-likeness (QED) is 0.661. The first-order valence-electron chi connectivity index (χ1n) is 7.77. The molecule has 1 amide bonds. The molecule has 0 saturated carbocycles. The predicted octanol–water partition coefficient (Wildman–Crippen LogP) is 1.83. The van der Waals surface area contributed by atoms with E-state index in [-0.39, 0.29) is 5.78 Å². The van der Waals surface area contributed by atoms with Crippen LogP contribution in [0.5, 0.6) is 0 Å². The van der Waals surface area contributed by atoms with Crippen LogP contribution in [0.4, 0.5) is 0 Å². The van der Waals surface area contributed by atoms with Crippen LogP contribution in [-0.4, -0.2) is 42.5 Å². The second-order valence-electron chi connectivity index (χ2n) is 6.45. The number of hydrogen-bond donors (Lipinski definition) is 1. The summed E-state index contributed by atoms with van der Waals surface area (Å²) in [6.07, 6.45) is 1.01. The number of carbonyl (C=O) groups is 2. The van der Waals surface area contributed by atoms with Crippen LogP contribution in [0.25, 0.3) is 0 Å².